The summed E-state index contributed by atoms with van der Waals surface area (Å²) in [5.74, 6) is 6.68. The van der Waals surface area contributed by atoms with Crippen LogP contribution in [-0.2, 0) is 4.74 Å². The van der Waals surface area contributed by atoms with Gasteiger partial charge in [-0.1, -0.05) is 25.7 Å². The van der Waals surface area contributed by atoms with Crippen LogP contribution in [0.25, 0.3) is 0 Å². The van der Waals surface area contributed by atoms with Crippen molar-refractivity contribution in [3.63, 3.8) is 0 Å². The Bertz CT molecular complexity index is 421. The van der Waals surface area contributed by atoms with E-state index in [2.05, 4.69) is 30.7 Å². The molecule has 0 spiro atoms. The van der Waals surface area contributed by atoms with Gasteiger partial charge in [-0.25, -0.2) is 0 Å². The number of nitrogens with zero attached hydrogens (tertiary/aromatic N) is 1. The third-order valence-corrected chi connectivity index (χ3v) is 2.36. The summed E-state index contributed by atoms with van der Waals surface area (Å²) in [6.07, 6.45) is 4.33. The van der Waals surface area contributed by atoms with Crippen molar-refractivity contribution in [2.24, 2.45) is 5.92 Å². The summed E-state index contributed by atoms with van der Waals surface area (Å²) >= 11 is 0. The highest BCUT2D eigenvalue weighted by Gasteiger charge is 1.97. The van der Waals surface area contributed by atoms with Crippen LogP contribution in [0.1, 0.15) is 25.8 Å². The van der Waals surface area contributed by atoms with E-state index >= 15 is 0 Å². The van der Waals surface area contributed by atoms with E-state index < -0.39 is 0 Å². The van der Waals surface area contributed by atoms with E-state index in [0.29, 0.717) is 24.9 Å². The number of hydrogen-bond donors (Lipinski definition) is 1. The number of ether oxygens (including phenoxy) is 2. The summed E-state index contributed by atoms with van der Waals surface area (Å²) in [6, 6.07) is 1.80. The summed E-state index contributed by atoms with van der Waals surface area (Å²) in [5.41, 5.74) is 0.729. The molecule has 0 atom stereocenters. The smallest absolute Gasteiger partial charge is 0.138 e. The van der Waals surface area contributed by atoms with Gasteiger partial charge in [0.05, 0.1) is 12.8 Å². The number of aliphatic hydroxyl groups excluding tert-OH is 1. The third-order valence-electron chi connectivity index (χ3n) is 2.36. The standard InChI is InChI=1S/C15H21NO3/c1-13(2)5-7-18-8-9-19-15-10-14(4-3-6-17)11-16-12-15/h10-13,17H,5-9H2,1-2H3. The molecule has 1 heterocycles. The van der Waals surface area contributed by atoms with Crippen LogP contribution < -0.4 is 4.74 Å². The molecule has 1 rings (SSSR count). The van der Waals surface area contributed by atoms with Crippen LogP contribution in [0.2, 0.25) is 0 Å². The Balaban J connectivity index is 2.25. The molecule has 0 fully saturated rings. The van der Waals surface area contributed by atoms with Crippen molar-refractivity contribution in [2.75, 3.05) is 26.4 Å². The molecule has 0 saturated heterocycles. The molecule has 4 heteroatoms. The van der Waals surface area contributed by atoms with E-state index in [0.717, 1.165) is 18.6 Å². The fraction of sp³-hybridized carbons (Fsp3) is 0.533. The third kappa shape index (κ3) is 7.45. The monoisotopic (exact) mass is 263 g/mol. The quantitative estimate of drug-likeness (QED) is 0.602. The largest absolute Gasteiger partial charge is 0.490 e. The summed E-state index contributed by atoms with van der Waals surface area (Å²) in [6.45, 7) is 6.01. The van der Waals surface area contributed by atoms with Gasteiger partial charge in [-0.3, -0.25) is 4.98 Å². The van der Waals surface area contributed by atoms with Crippen LogP contribution in [-0.4, -0.2) is 36.5 Å². The van der Waals surface area contributed by atoms with E-state index in [-0.39, 0.29) is 6.61 Å². The van der Waals surface area contributed by atoms with Gasteiger partial charge in [-0.05, 0) is 18.4 Å². The maximum atomic E-state index is 8.62. The van der Waals surface area contributed by atoms with Crippen LogP contribution in [0.3, 0.4) is 0 Å². The lowest BCUT2D eigenvalue weighted by molar-refractivity contribution is 0.0924. The lowest BCUT2D eigenvalue weighted by Crippen LogP contribution is -2.08. The Morgan fingerprint density at radius 3 is 2.84 bits per heavy atom. The lowest BCUT2D eigenvalue weighted by Gasteiger charge is -2.08. The molecule has 1 aromatic rings. The van der Waals surface area contributed by atoms with E-state index in [1.165, 1.54) is 0 Å². The van der Waals surface area contributed by atoms with Gasteiger partial charge in [-0.15, -0.1) is 0 Å². The zero-order valence-electron chi connectivity index (χ0n) is 11.6. The molecule has 1 aromatic heterocycles. The SMILES string of the molecule is CC(C)CCOCCOc1cncc(C#CCO)c1. The van der Waals surface area contributed by atoms with Gasteiger partial charge >= 0.3 is 0 Å². The molecule has 0 aliphatic heterocycles. The van der Waals surface area contributed by atoms with Crippen molar-refractivity contribution in [1.82, 2.24) is 4.98 Å². The van der Waals surface area contributed by atoms with E-state index in [4.69, 9.17) is 14.6 Å². The first-order chi connectivity index (χ1) is 9.22. The molecule has 0 saturated carbocycles. The molecular formula is C15H21NO3. The molecule has 0 aliphatic rings. The van der Waals surface area contributed by atoms with Crippen LogP contribution in [0, 0.1) is 17.8 Å². The molecular weight excluding hydrogens is 242 g/mol. The minimum absolute atomic E-state index is 0.158. The molecule has 1 N–H and O–H groups in total. The van der Waals surface area contributed by atoms with Gasteiger partial charge in [-0.2, -0.15) is 0 Å². The van der Waals surface area contributed by atoms with E-state index in [1.54, 1.807) is 18.5 Å². The Labute approximate surface area is 114 Å². The average molecular weight is 263 g/mol. The second-order valence-corrected chi connectivity index (χ2v) is 4.51. The van der Waals surface area contributed by atoms with Gasteiger partial charge in [0.25, 0.3) is 0 Å². The molecule has 0 aromatic carbocycles. The first-order valence-electron chi connectivity index (χ1n) is 6.47. The highest BCUT2D eigenvalue weighted by molar-refractivity contribution is 5.36. The number of aliphatic hydroxyl groups is 1. The predicted octanol–water partition coefficient (Wildman–Crippen LogP) is 1.87. The molecule has 0 aliphatic carbocycles. The number of rotatable bonds is 7. The highest BCUT2D eigenvalue weighted by atomic mass is 16.5. The molecule has 104 valence electrons. The number of aromatic nitrogens is 1. The summed E-state index contributed by atoms with van der Waals surface area (Å²) < 4.78 is 11.0. The predicted molar refractivity (Wildman–Crippen MR) is 74.0 cm³/mol. The second-order valence-electron chi connectivity index (χ2n) is 4.51. The van der Waals surface area contributed by atoms with Crippen molar-refractivity contribution in [3.8, 4) is 17.6 Å². The Morgan fingerprint density at radius 1 is 1.26 bits per heavy atom. The van der Waals surface area contributed by atoms with E-state index in [9.17, 15) is 0 Å². The number of hydrogen-bond acceptors (Lipinski definition) is 4. The first kappa shape index (κ1) is 15.5. The van der Waals surface area contributed by atoms with Gasteiger partial charge in [0.2, 0.25) is 0 Å². The molecule has 0 radical (unpaired) electrons. The van der Waals surface area contributed by atoms with Crippen molar-refractivity contribution in [3.05, 3.63) is 24.0 Å². The Hall–Kier alpha value is -1.57. The molecule has 0 bridgehead atoms. The summed E-state index contributed by atoms with van der Waals surface area (Å²) in [4.78, 5) is 4.03. The highest BCUT2D eigenvalue weighted by Crippen LogP contribution is 2.10. The Kier molecular flexibility index (Phi) is 7.64. The first-order valence-corrected chi connectivity index (χ1v) is 6.47. The second kappa shape index (κ2) is 9.37. The normalized spacial score (nSPS) is 10.1. The molecule has 19 heavy (non-hydrogen) atoms. The van der Waals surface area contributed by atoms with Gasteiger partial charge in [0.1, 0.15) is 19.0 Å². The fourth-order valence-electron chi connectivity index (χ4n) is 1.35. The van der Waals surface area contributed by atoms with Crippen LogP contribution >= 0.6 is 0 Å². The molecule has 0 amide bonds. The topological polar surface area (TPSA) is 51.6 Å². The summed E-state index contributed by atoms with van der Waals surface area (Å²) in [5, 5.41) is 8.62. The van der Waals surface area contributed by atoms with Crippen LogP contribution in [0.4, 0.5) is 0 Å². The van der Waals surface area contributed by atoms with E-state index in [1.807, 2.05) is 0 Å². The van der Waals surface area contributed by atoms with Gasteiger partial charge in [0.15, 0.2) is 0 Å². The lowest BCUT2D eigenvalue weighted by atomic mass is 10.1. The maximum Gasteiger partial charge on any atom is 0.138 e. The minimum atomic E-state index is -0.158. The van der Waals surface area contributed by atoms with Crippen molar-refractivity contribution >= 4 is 0 Å². The number of pyridine rings is 1. The van der Waals surface area contributed by atoms with Gasteiger partial charge < -0.3 is 14.6 Å². The fourth-order valence-corrected chi connectivity index (χ4v) is 1.35. The van der Waals surface area contributed by atoms with Gasteiger partial charge in [0, 0.05) is 18.4 Å². The maximum absolute atomic E-state index is 8.62. The zero-order chi connectivity index (χ0) is 13.9. The van der Waals surface area contributed by atoms with Crippen molar-refractivity contribution < 1.29 is 14.6 Å². The molecule has 4 nitrogen and oxygen atoms in total. The molecule has 0 unspecified atom stereocenters. The zero-order valence-corrected chi connectivity index (χ0v) is 11.6. The Morgan fingerprint density at radius 2 is 2.11 bits per heavy atom. The van der Waals surface area contributed by atoms with Crippen LogP contribution in [0.15, 0.2) is 18.5 Å². The minimum Gasteiger partial charge on any atom is -0.490 e. The van der Waals surface area contributed by atoms with Crippen LogP contribution in [0.5, 0.6) is 5.75 Å². The average Bonchev–Trinajstić information content (AvgIpc) is 2.40. The van der Waals surface area contributed by atoms with Crippen molar-refractivity contribution in [2.45, 2.75) is 20.3 Å². The summed E-state index contributed by atoms with van der Waals surface area (Å²) in [7, 11) is 0. The van der Waals surface area contributed by atoms with Crippen molar-refractivity contribution in [1.29, 1.82) is 0 Å².